The average molecular weight is 162 g/mol. The average Bonchev–Trinajstić information content (AvgIpc) is 2.05. The predicted octanol–water partition coefficient (Wildman–Crippen LogP) is 4.03. The monoisotopic (exact) mass is 162 g/mol. The Morgan fingerprint density at radius 2 is 2.00 bits per heavy atom. The minimum absolute atomic E-state index is 1.04. The van der Waals surface area contributed by atoms with E-state index in [9.17, 15) is 0 Å². The Labute approximate surface area is 76.0 Å². The highest BCUT2D eigenvalue weighted by molar-refractivity contribution is 5.24. The van der Waals surface area contributed by atoms with Crippen LogP contribution in [-0.2, 0) is 0 Å². The molecule has 0 aliphatic rings. The lowest BCUT2D eigenvalue weighted by atomic mass is 10.1. The van der Waals surface area contributed by atoms with Gasteiger partial charge in [0.1, 0.15) is 0 Å². The van der Waals surface area contributed by atoms with Crippen molar-refractivity contribution in [1.82, 2.24) is 0 Å². The van der Waals surface area contributed by atoms with Crippen LogP contribution in [0.3, 0.4) is 0 Å². The van der Waals surface area contributed by atoms with Gasteiger partial charge in [-0.25, -0.2) is 0 Å². The highest BCUT2D eigenvalue weighted by atomic mass is 13.9. The van der Waals surface area contributed by atoms with Gasteiger partial charge in [-0.2, -0.15) is 0 Å². The van der Waals surface area contributed by atoms with Gasteiger partial charge < -0.3 is 0 Å². The van der Waals surface area contributed by atoms with E-state index >= 15 is 0 Å². The fourth-order valence-corrected chi connectivity index (χ4v) is 0.842. The maximum Gasteiger partial charge on any atom is -0.0248 e. The van der Waals surface area contributed by atoms with Crippen LogP contribution in [0, 0.1) is 0 Å². The minimum atomic E-state index is 1.04. The molecule has 0 aliphatic heterocycles. The van der Waals surface area contributed by atoms with Gasteiger partial charge in [0.15, 0.2) is 0 Å². The van der Waals surface area contributed by atoms with Crippen LogP contribution < -0.4 is 0 Å². The molecule has 0 N–H and O–H groups in total. The summed E-state index contributed by atoms with van der Waals surface area (Å²) in [6.45, 7) is 11.6. The molecule has 0 unspecified atom stereocenters. The van der Waals surface area contributed by atoms with E-state index in [4.69, 9.17) is 0 Å². The van der Waals surface area contributed by atoms with E-state index in [0.717, 1.165) is 18.4 Å². The van der Waals surface area contributed by atoms with Gasteiger partial charge in [0.2, 0.25) is 0 Å². The SMILES string of the molecule is C=CCCC(C=CC(=C)C)=CC. The molecule has 0 saturated heterocycles. The molecule has 0 atom stereocenters. The molecule has 0 fully saturated rings. The molecular weight excluding hydrogens is 144 g/mol. The molecule has 0 heterocycles. The van der Waals surface area contributed by atoms with Gasteiger partial charge in [0.05, 0.1) is 0 Å². The van der Waals surface area contributed by atoms with Crippen molar-refractivity contribution in [3.8, 4) is 0 Å². The summed E-state index contributed by atoms with van der Waals surface area (Å²) in [7, 11) is 0. The fraction of sp³-hybridized carbons (Fsp3) is 0.333. The molecule has 0 rings (SSSR count). The summed E-state index contributed by atoms with van der Waals surface area (Å²) in [5.74, 6) is 0. The van der Waals surface area contributed by atoms with Crippen LogP contribution in [0.5, 0.6) is 0 Å². The lowest BCUT2D eigenvalue weighted by Crippen LogP contribution is -1.77. The maximum atomic E-state index is 3.81. The van der Waals surface area contributed by atoms with Crippen molar-refractivity contribution in [2.75, 3.05) is 0 Å². The topological polar surface area (TPSA) is 0 Å². The van der Waals surface area contributed by atoms with Gasteiger partial charge in [-0.3, -0.25) is 0 Å². The van der Waals surface area contributed by atoms with Crippen molar-refractivity contribution < 1.29 is 0 Å². The van der Waals surface area contributed by atoms with Crippen molar-refractivity contribution >= 4 is 0 Å². The van der Waals surface area contributed by atoms with Crippen LogP contribution in [0.2, 0.25) is 0 Å². The van der Waals surface area contributed by atoms with Crippen molar-refractivity contribution in [3.05, 3.63) is 48.6 Å². The number of hydrogen-bond donors (Lipinski definition) is 0. The van der Waals surface area contributed by atoms with E-state index in [1.165, 1.54) is 5.57 Å². The third kappa shape index (κ3) is 5.72. The quantitative estimate of drug-likeness (QED) is 0.423. The molecule has 12 heavy (non-hydrogen) atoms. The van der Waals surface area contributed by atoms with E-state index in [1.807, 2.05) is 19.1 Å². The first kappa shape index (κ1) is 11.0. The first-order valence-electron chi connectivity index (χ1n) is 4.30. The molecule has 0 nitrogen and oxygen atoms in total. The highest BCUT2D eigenvalue weighted by Gasteiger charge is 1.87. The highest BCUT2D eigenvalue weighted by Crippen LogP contribution is 2.08. The maximum absolute atomic E-state index is 3.81. The van der Waals surface area contributed by atoms with Crippen LogP contribution in [0.1, 0.15) is 26.7 Å². The second-order valence-corrected chi connectivity index (χ2v) is 2.87. The number of allylic oxidation sites excluding steroid dienone is 6. The molecule has 0 bridgehead atoms. The summed E-state index contributed by atoms with van der Waals surface area (Å²) < 4.78 is 0. The Kier molecular flexibility index (Phi) is 6.08. The minimum Gasteiger partial charge on any atom is -0.103 e. The van der Waals surface area contributed by atoms with Gasteiger partial charge in [-0.05, 0) is 26.7 Å². The molecule has 0 amide bonds. The molecule has 0 spiro atoms. The van der Waals surface area contributed by atoms with Crippen molar-refractivity contribution in [2.45, 2.75) is 26.7 Å². The predicted molar refractivity (Wildman–Crippen MR) is 57.1 cm³/mol. The van der Waals surface area contributed by atoms with Crippen molar-refractivity contribution in [2.24, 2.45) is 0 Å². The van der Waals surface area contributed by atoms with E-state index in [-0.39, 0.29) is 0 Å². The normalized spacial score (nSPS) is 12.0. The third-order valence-electron chi connectivity index (χ3n) is 1.59. The molecule has 0 aromatic carbocycles. The van der Waals surface area contributed by atoms with Crippen molar-refractivity contribution in [3.63, 3.8) is 0 Å². The molecule has 0 heteroatoms. The van der Waals surface area contributed by atoms with Crippen LogP contribution >= 0.6 is 0 Å². The molecule has 0 aromatic rings. The van der Waals surface area contributed by atoms with Crippen LogP contribution in [0.25, 0.3) is 0 Å². The smallest absolute Gasteiger partial charge is 0.0248 e. The summed E-state index contributed by atoms with van der Waals surface area (Å²) in [5, 5.41) is 0. The molecular formula is C12H18. The molecule has 0 aromatic heterocycles. The lowest BCUT2D eigenvalue weighted by molar-refractivity contribution is 1.01. The van der Waals surface area contributed by atoms with Gasteiger partial charge in [-0.15, -0.1) is 6.58 Å². The number of rotatable bonds is 5. The van der Waals surface area contributed by atoms with Crippen LogP contribution in [0.15, 0.2) is 48.6 Å². The first-order chi connectivity index (χ1) is 5.70. The summed E-state index contributed by atoms with van der Waals surface area (Å²) in [6.07, 6.45) is 10.3. The van der Waals surface area contributed by atoms with E-state index in [1.54, 1.807) is 0 Å². The van der Waals surface area contributed by atoms with Crippen LogP contribution in [0.4, 0.5) is 0 Å². The van der Waals surface area contributed by atoms with E-state index in [2.05, 4.69) is 32.2 Å². The summed E-state index contributed by atoms with van der Waals surface area (Å²) in [6, 6.07) is 0. The zero-order chi connectivity index (χ0) is 9.40. The first-order valence-corrected chi connectivity index (χ1v) is 4.30. The number of hydrogen-bond acceptors (Lipinski definition) is 0. The zero-order valence-electron chi connectivity index (χ0n) is 8.14. The third-order valence-corrected chi connectivity index (χ3v) is 1.59. The second kappa shape index (κ2) is 6.66. The Bertz CT molecular complexity index is 204. The fourth-order valence-electron chi connectivity index (χ4n) is 0.842. The Hall–Kier alpha value is -1.04. The Balaban J connectivity index is 4.00. The summed E-state index contributed by atoms with van der Waals surface area (Å²) >= 11 is 0. The van der Waals surface area contributed by atoms with Gasteiger partial charge in [0, 0.05) is 0 Å². The largest absolute Gasteiger partial charge is 0.103 e. The molecule has 0 aliphatic carbocycles. The standard InChI is InChI=1S/C12H18/c1-5-7-8-12(6-2)10-9-11(3)4/h5-6,9-10H,1,3,7-8H2,2,4H3. The van der Waals surface area contributed by atoms with Gasteiger partial charge >= 0.3 is 0 Å². The van der Waals surface area contributed by atoms with Crippen molar-refractivity contribution in [1.29, 1.82) is 0 Å². The van der Waals surface area contributed by atoms with Gasteiger partial charge in [-0.1, -0.05) is 42.0 Å². The Morgan fingerprint density at radius 3 is 2.42 bits per heavy atom. The summed E-state index contributed by atoms with van der Waals surface area (Å²) in [5.41, 5.74) is 2.44. The van der Waals surface area contributed by atoms with E-state index in [0.29, 0.717) is 0 Å². The molecule has 0 saturated carbocycles. The zero-order valence-corrected chi connectivity index (χ0v) is 8.14. The molecule has 0 radical (unpaired) electrons. The van der Waals surface area contributed by atoms with Gasteiger partial charge in [0.25, 0.3) is 0 Å². The summed E-state index contributed by atoms with van der Waals surface area (Å²) in [4.78, 5) is 0. The second-order valence-electron chi connectivity index (χ2n) is 2.87. The lowest BCUT2D eigenvalue weighted by Gasteiger charge is -1.97. The van der Waals surface area contributed by atoms with E-state index < -0.39 is 0 Å². The Morgan fingerprint density at radius 1 is 1.33 bits per heavy atom. The molecule has 66 valence electrons. The van der Waals surface area contributed by atoms with Crippen LogP contribution in [-0.4, -0.2) is 0 Å².